The molecule has 0 fully saturated rings. The highest BCUT2D eigenvalue weighted by Gasteiger charge is 2.07. The minimum absolute atomic E-state index is 0.0855. The molecule has 0 spiro atoms. The van der Waals surface area contributed by atoms with Crippen LogP contribution in [-0.2, 0) is 23.0 Å². The molecule has 0 unspecified atom stereocenters. The van der Waals surface area contributed by atoms with Crippen molar-refractivity contribution in [1.29, 1.82) is 0 Å². The topological polar surface area (TPSA) is 71.3 Å². The van der Waals surface area contributed by atoms with Gasteiger partial charge in [-0.3, -0.25) is 0 Å². The third-order valence-electron chi connectivity index (χ3n) is 2.28. The standard InChI is InChI=1S/C11H20N2O3S/c1-3-10-5-6-11(16-10)9-12-7-8-17(14,15)13-4-2/h5-6,12-13H,3-4,7-9H2,1-2H3. The smallest absolute Gasteiger partial charge is 0.212 e. The van der Waals surface area contributed by atoms with Gasteiger partial charge < -0.3 is 9.73 Å². The highest BCUT2D eigenvalue weighted by Crippen LogP contribution is 2.07. The quantitative estimate of drug-likeness (QED) is 0.680. The number of hydrogen-bond donors (Lipinski definition) is 2. The Bertz CT molecular complexity index is 426. The molecule has 1 heterocycles. The first-order valence-electron chi connectivity index (χ1n) is 5.83. The molecule has 6 heteroatoms. The molecule has 1 aromatic rings. The summed E-state index contributed by atoms with van der Waals surface area (Å²) in [7, 11) is -3.13. The van der Waals surface area contributed by atoms with Gasteiger partial charge in [-0.2, -0.15) is 0 Å². The van der Waals surface area contributed by atoms with Crippen molar-refractivity contribution < 1.29 is 12.8 Å². The second-order valence-corrected chi connectivity index (χ2v) is 5.64. The van der Waals surface area contributed by atoms with Crippen LogP contribution in [0.1, 0.15) is 25.4 Å². The summed E-state index contributed by atoms with van der Waals surface area (Å²) in [5, 5.41) is 3.04. The maximum atomic E-state index is 11.3. The van der Waals surface area contributed by atoms with Crippen molar-refractivity contribution in [3.63, 3.8) is 0 Å². The van der Waals surface area contributed by atoms with Crippen molar-refractivity contribution in [1.82, 2.24) is 10.0 Å². The lowest BCUT2D eigenvalue weighted by Crippen LogP contribution is -2.31. The fourth-order valence-electron chi connectivity index (χ4n) is 1.42. The second kappa shape index (κ2) is 6.78. The van der Waals surface area contributed by atoms with E-state index in [0.717, 1.165) is 17.9 Å². The number of aryl methyl sites for hydroxylation is 1. The Labute approximate surface area is 103 Å². The molecular formula is C11H20N2O3S. The zero-order chi connectivity index (χ0) is 12.7. The van der Waals surface area contributed by atoms with E-state index in [0.29, 0.717) is 19.6 Å². The minimum atomic E-state index is -3.13. The summed E-state index contributed by atoms with van der Waals surface area (Å²) in [6, 6.07) is 3.84. The van der Waals surface area contributed by atoms with Crippen molar-refractivity contribution in [3.05, 3.63) is 23.7 Å². The van der Waals surface area contributed by atoms with E-state index in [1.54, 1.807) is 6.92 Å². The normalized spacial score (nSPS) is 11.9. The summed E-state index contributed by atoms with van der Waals surface area (Å²) in [4.78, 5) is 0. The molecule has 0 aromatic carbocycles. The van der Waals surface area contributed by atoms with Gasteiger partial charge in [0.2, 0.25) is 10.0 Å². The summed E-state index contributed by atoms with van der Waals surface area (Å²) >= 11 is 0. The molecule has 2 N–H and O–H groups in total. The van der Waals surface area contributed by atoms with Crippen LogP contribution in [0.5, 0.6) is 0 Å². The first-order valence-corrected chi connectivity index (χ1v) is 7.48. The van der Waals surface area contributed by atoms with Gasteiger partial charge in [-0.05, 0) is 12.1 Å². The third kappa shape index (κ3) is 5.34. The van der Waals surface area contributed by atoms with E-state index in [2.05, 4.69) is 10.0 Å². The number of sulfonamides is 1. The van der Waals surface area contributed by atoms with Gasteiger partial charge in [0.25, 0.3) is 0 Å². The first kappa shape index (κ1) is 14.2. The number of furan rings is 1. The molecule has 0 aliphatic carbocycles. The van der Waals surface area contributed by atoms with Crippen molar-refractivity contribution >= 4 is 10.0 Å². The summed E-state index contributed by atoms with van der Waals surface area (Å²) < 4.78 is 30.6. The largest absolute Gasteiger partial charge is 0.465 e. The zero-order valence-corrected chi connectivity index (χ0v) is 11.1. The van der Waals surface area contributed by atoms with Crippen molar-refractivity contribution in [3.8, 4) is 0 Å². The summed E-state index contributed by atoms with van der Waals surface area (Å²) in [6.07, 6.45) is 0.870. The molecule has 0 radical (unpaired) electrons. The molecule has 0 bridgehead atoms. The second-order valence-electron chi connectivity index (χ2n) is 3.72. The maximum absolute atomic E-state index is 11.3. The highest BCUT2D eigenvalue weighted by atomic mass is 32.2. The molecular weight excluding hydrogens is 240 g/mol. The summed E-state index contributed by atoms with van der Waals surface area (Å²) in [6.45, 7) is 5.19. The van der Waals surface area contributed by atoms with Gasteiger partial charge in [0.1, 0.15) is 11.5 Å². The molecule has 17 heavy (non-hydrogen) atoms. The van der Waals surface area contributed by atoms with Gasteiger partial charge in [-0.25, -0.2) is 13.1 Å². The maximum Gasteiger partial charge on any atom is 0.212 e. The lowest BCUT2D eigenvalue weighted by atomic mass is 10.3. The van der Waals surface area contributed by atoms with Gasteiger partial charge in [0, 0.05) is 19.5 Å². The van der Waals surface area contributed by atoms with Crippen LogP contribution in [0.25, 0.3) is 0 Å². The van der Waals surface area contributed by atoms with Gasteiger partial charge in [0.15, 0.2) is 0 Å². The van der Waals surface area contributed by atoms with Crippen molar-refractivity contribution in [2.24, 2.45) is 0 Å². The molecule has 0 amide bonds. The van der Waals surface area contributed by atoms with Crippen LogP contribution in [0, 0.1) is 0 Å². The number of hydrogen-bond acceptors (Lipinski definition) is 4. The Balaban J connectivity index is 2.24. The van der Waals surface area contributed by atoms with Gasteiger partial charge in [-0.15, -0.1) is 0 Å². The average molecular weight is 260 g/mol. The van der Waals surface area contributed by atoms with E-state index in [-0.39, 0.29) is 5.75 Å². The molecule has 1 aromatic heterocycles. The van der Waals surface area contributed by atoms with E-state index < -0.39 is 10.0 Å². The first-order chi connectivity index (χ1) is 8.07. The highest BCUT2D eigenvalue weighted by molar-refractivity contribution is 7.89. The van der Waals surface area contributed by atoms with Crippen LogP contribution in [0.3, 0.4) is 0 Å². The molecule has 98 valence electrons. The van der Waals surface area contributed by atoms with Gasteiger partial charge >= 0.3 is 0 Å². The Morgan fingerprint density at radius 1 is 1.24 bits per heavy atom. The van der Waals surface area contributed by atoms with E-state index in [1.807, 2.05) is 19.1 Å². The summed E-state index contributed by atoms with van der Waals surface area (Å²) in [5.74, 6) is 1.87. The SMILES string of the molecule is CCNS(=O)(=O)CCNCc1ccc(CC)o1. The van der Waals surface area contributed by atoms with Crippen LogP contribution in [0.15, 0.2) is 16.5 Å². The lowest BCUT2D eigenvalue weighted by molar-refractivity contribution is 0.453. The predicted octanol–water partition coefficient (Wildman–Crippen LogP) is 0.871. The molecule has 0 aliphatic heterocycles. The number of rotatable bonds is 8. The molecule has 5 nitrogen and oxygen atoms in total. The molecule has 1 rings (SSSR count). The van der Waals surface area contributed by atoms with Gasteiger partial charge in [0.05, 0.1) is 12.3 Å². The van der Waals surface area contributed by atoms with E-state index in [9.17, 15) is 8.42 Å². The third-order valence-corrected chi connectivity index (χ3v) is 3.75. The van der Waals surface area contributed by atoms with E-state index in [4.69, 9.17) is 4.42 Å². The summed E-state index contributed by atoms with van der Waals surface area (Å²) in [5.41, 5.74) is 0. The van der Waals surface area contributed by atoms with Crippen molar-refractivity contribution in [2.75, 3.05) is 18.8 Å². The Kier molecular flexibility index (Phi) is 5.67. The van der Waals surface area contributed by atoms with Crippen molar-refractivity contribution in [2.45, 2.75) is 26.8 Å². The monoisotopic (exact) mass is 260 g/mol. The van der Waals surface area contributed by atoms with Crippen LogP contribution in [0.2, 0.25) is 0 Å². The fraction of sp³-hybridized carbons (Fsp3) is 0.636. The Morgan fingerprint density at radius 2 is 1.94 bits per heavy atom. The minimum Gasteiger partial charge on any atom is -0.465 e. The van der Waals surface area contributed by atoms with Crippen LogP contribution >= 0.6 is 0 Å². The zero-order valence-electron chi connectivity index (χ0n) is 10.3. The van der Waals surface area contributed by atoms with Crippen LogP contribution < -0.4 is 10.0 Å². The number of nitrogens with one attached hydrogen (secondary N) is 2. The lowest BCUT2D eigenvalue weighted by Gasteiger charge is -2.05. The predicted molar refractivity (Wildman–Crippen MR) is 67.3 cm³/mol. The molecule has 0 saturated heterocycles. The van der Waals surface area contributed by atoms with E-state index >= 15 is 0 Å². The average Bonchev–Trinajstić information content (AvgIpc) is 2.72. The fourth-order valence-corrected chi connectivity index (χ4v) is 2.41. The van der Waals surface area contributed by atoms with Crippen LogP contribution in [-0.4, -0.2) is 27.3 Å². The molecule has 0 atom stereocenters. The Morgan fingerprint density at radius 3 is 2.53 bits per heavy atom. The van der Waals surface area contributed by atoms with Crippen LogP contribution in [0.4, 0.5) is 0 Å². The van der Waals surface area contributed by atoms with E-state index in [1.165, 1.54) is 0 Å². The Hall–Kier alpha value is -0.850. The molecule has 0 aliphatic rings. The van der Waals surface area contributed by atoms with Gasteiger partial charge in [-0.1, -0.05) is 13.8 Å². The molecule has 0 saturated carbocycles.